The van der Waals surface area contributed by atoms with Crippen LogP contribution in [0.1, 0.15) is 6.42 Å². The van der Waals surface area contributed by atoms with Crippen LogP contribution in [0.5, 0.6) is 0 Å². The summed E-state index contributed by atoms with van der Waals surface area (Å²) in [6.07, 6.45) is 1.34. The average molecular weight is 282 g/mol. The zero-order valence-electron chi connectivity index (χ0n) is 11.9. The molecule has 0 radical (unpaired) electrons. The highest BCUT2D eigenvalue weighted by atomic mass is 35.5. The topological polar surface area (TPSA) is 18.5 Å². The minimum absolute atomic E-state index is 0.785. The zero-order chi connectivity index (χ0) is 13.7. The standard InChI is InChI=1S/C15H24ClN3/c1-18-9-7-13(11-18)12-19(2)10-8-17-15-5-3-14(16)4-6-15/h3-6,13,17H,7-12H2,1-2H3. The Balaban J connectivity index is 1.63. The maximum absolute atomic E-state index is 5.86. The molecule has 1 heterocycles. The van der Waals surface area contributed by atoms with E-state index in [4.69, 9.17) is 11.6 Å². The van der Waals surface area contributed by atoms with E-state index in [0.29, 0.717) is 0 Å². The van der Waals surface area contributed by atoms with Gasteiger partial charge in [-0.05, 0) is 57.2 Å². The highest BCUT2D eigenvalue weighted by Gasteiger charge is 2.20. The number of hydrogen-bond donors (Lipinski definition) is 1. The van der Waals surface area contributed by atoms with E-state index in [-0.39, 0.29) is 0 Å². The van der Waals surface area contributed by atoms with Gasteiger partial charge in [-0.3, -0.25) is 0 Å². The van der Waals surface area contributed by atoms with Gasteiger partial charge in [-0.25, -0.2) is 0 Å². The normalized spacial score (nSPS) is 20.1. The molecule has 2 rings (SSSR count). The number of likely N-dealkylation sites (N-methyl/N-ethyl adjacent to an activating group) is 1. The Morgan fingerprint density at radius 3 is 2.74 bits per heavy atom. The molecule has 1 atom stereocenters. The summed E-state index contributed by atoms with van der Waals surface area (Å²) < 4.78 is 0. The molecule has 0 aromatic heterocycles. The number of nitrogens with one attached hydrogen (secondary N) is 1. The summed E-state index contributed by atoms with van der Waals surface area (Å²) >= 11 is 5.86. The van der Waals surface area contributed by atoms with Crippen LogP contribution < -0.4 is 5.32 Å². The quantitative estimate of drug-likeness (QED) is 0.865. The molecule has 1 fully saturated rings. The molecule has 1 aromatic carbocycles. The monoisotopic (exact) mass is 281 g/mol. The second-order valence-electron chi connectivity index (χ2n) is 5.61. The van der Waals surface area contributed by atoms with Crippen molar-refractivity contribution in [3.63, 3.8) is 0 Å². The number of benzene rings is 1. The molecule has 106 valence electrons. The van der Waals surface area contributed by atoms with Crippen molar-refractivity contribution in [1.29, 1.82) is 0 Å². The van der Waals surface area contributed by atoms with Crippen molar-refractivity contribution >= 4 is 17.3 Å². The van der Waals surface area contributed by atoms with Gasteiger partial charge in [0.05, 0.1) is 0 Å². The van der Waals surface area contributed by atoms with Gasteiger partial charge in [-0.1, -0.05) is 11.6 Å². The van der Waals surface area contributed by atoms with Crippen molar-refractivity contribution in [2.75, 3.05) is 52.1 Å². The van der Waals surface area contributed by atoms with Gasteiger partial charge < -0.3 is 15.1 Å². The molecule has 1 aliphatic heterocycles. The molecule has 4 heteroatoms. The number of hydrogen-bond acceptors (Lipinski definition) is 3. The first kappa shape index (κ1) is 14.6. The predicted octanol–water partition coefficient (Wildman–Crippen LogP) is 2.64. The van der Waals surface area contributed by atoms with E-state index >= 15 is 0 Å². The lowest BCUT2D eigenvalue weighted by Gasteiger charge is -2.21. The minimum atomic E-state index is 0.785. The third kappa shape index (κ3) is 5.01. The molecule has 0 bridgehead atoms. The summed E-state index contributed by atoms with van der Waals surface area (Å²) in [4.78, 5) is 4.84. The lowest BCUT2D eigenvalue weighted by molar-refractivity contribution is 0.281. The van der Waals surface area contributed by atoms with Crippen molar-refractivity contribution in [2.45, 2.75) is 6.42 Å². The molecule has 1 N–H and O–H groups in total. The largest absolute Gasteiger partial charge is 0.384 e. The number of likely N-dealkylation sites (tertiary alicyclic amines) is 1. The smallest absolute Gasteiger partial charge is 0.0407 e. The fraction of sp³-hybridized carbons (Fsp3) is 0.600. The molecule has 1 unspecified atom stereocenters. The van der Waals surface area contributed by atoms with Crippen LogP contribution in [0.3, 0.4) is 0 Å². The Labute approximate surface area is 121 Å². The summed E-state index contributed by atoms with van der Waals surface area (Å²) in [6.45, 7) is 5.74. The van der Waals surface area contributed by atoms with Gasteiger partial charge >= 0.3 is 0 Å². The summed E-state index contributed by atoms with van der Waals surface area (Å²) in [5.41, 5.74) is 1.14. The number of rotatable bonds is 6. The van der Waals surface area contributed by atoms with Crippen molar-refractivity contribution < 1.29 is 0 Å². The fourth-order valence-corrected chi connectivity index (χ4v) is 2.79. The van der Waals surface area contributed by atoms with Gasteiger partial charge in [0, 0.05) is 36.9 Å². The Bertz CT molecular complexity index is 379. The molecule has 0 amide bonds. The second-order valence-corrected chi connectivity index (χ2v) is 6.05. The van der Waals surface area contributed by atoms with E-state index in [1.165, 1.54) is 26.1 Å². The van der Waals surface area contributed by atoms with Gasteiger partial charge in [0.15, 0.2) is 0 Å². The lowest BCUT2D eigenvalue weighted by atomic mass is 10.1. The van der Waals surface area contributed by atoms with Crippen LogP contribution in [0.2, 0.25) is 5.02 Å². The lowest BCUT2D eigenvalue weighted by Crippen LogP contribution is -2.31. The Morgan fingerprint density at radius 1 is 1.37 bits per heavy atom. The van der Waals surface area contributed by atoms with Gasteiger partial charge in [-0.2, -0.15) is 0 Å². The first-order chi connectivity index (χ1) is 9.13. The molecule has 1 aromatic rings. The number of halogens is 1. The summed E-state index contributed by atoms with van der Waals surface area (Å²) in [7, 11) is 4.42. The van der Waals surface area contributed by atoms with Gasteiger partial charge in [0.2, 0.25) is 0 Å². The molecule has 1 saturated heterocycles. The minimum Gasteiger partial charge on any atom is -0.384 e. The second kappa shape index (κ2) is 7.13. The van der Waals surface area contributed by atoms with E-state index in [0.717, 1.165) is 29.7 Å². The van der Waals surface area contributed by atoms with Crippen LogP contribution in [-0.4, -0.2) is 56.6 Å². The van der Waals surface area contributed by atoms with Crippen LogP contribution in [0, 0.1) is 5.92 Å². The molecule has 19 heavy (non-hydrogen) atoms. The highest BCUT2D eigenvalue weighted by molar-refractivity contribution is 6.30. The average Bonchev–Trinajstić information content (AvgIpc) is 2.77. The van der Waals surface area contributed by atoms with Crippen molar-refractivity contribution in [3.05, 3.63) is 29.3 Å². The molecular weight excluding hydrogens is 258 g/mol. The van der Waals surface area contributed by atoms with Crippen molar-refractivity contribution in [2.24, 2.45) is 5.92 Å². The van der Waals surface area contributed by atoms with Gasteiger partial charge in [0.25, 0.3) is 0 Å². The molecule has 0 saturated carbocycles. The van der Waals surface area contributed by atoms with E-state index in [1.807, 2.05) is 24.3 Å². The van der Waals surface area contributed by atoms with Gasteiger partial charge in [0.1, 0.15) is 0 Å². The predicted molar refractivity (Wildman–Crippen MR) is 83.0 cm³/mol. The Kier molecular flexibility index (Phi) is 5.49. The molecular formula is C15H24ClN3. The van der Waals surface area contributed by atoms with Crippen LogP contribution in [0.25, 0.3) is 0 Å². The Hall–Kier alpha value is -0.770. The van der Waals surface area contributed by atoms with Gasteiger partial charge in [-0.15, -0.1) is 0 Å². The SMILES string of the molecule is CN(CCNc1ccc(Cl)cc1)CC1CCN(C)C1. The molecule has 3 nitrogen and oxygen atoms in total. The maximum atomic E-state index is 5.86. The Morgan fingerprint density at radius 2 is 2.11 bits per heavy atom. The van der Waals surface area contributed by atoms with Crippen LogP contribution in [-0.2, 0) is 0 Å². The van der Waals surface area contributed by atoms with Crippen molar-refractivity contribution in [1.82, 2.24) is 9.80 Å². The summed E-state index contributed by atoms with van der Waals surface area (Å²) in [5, 5.41) is 4.21. The number of nitrogens with zero attached hydrogens (tertiary/aromatic N) is 2. The molecule has 0 spiro atoms. The van der Waals surface area contributed by atoms with Crippen LogP contribution in [0.4, 0.5) is 5.69 Å². The maximum Gasteiger partial charge on any atom is 0.0407 e. The van der Waals surface area contributed by atoms with E-state index < -0.39 is 0 Å². The van der Waals surface area contributed by atoms with Crippen LogP contribution in [0.15, 0.2) is 24.3 Å². The van der Waals surface area contributed by atoms with E-state index in [1.54, 1.807) is 0 Å². The van der Waals surface area contributed by atoms with E-state index in [9.17, 15) is 0 Å². The first-order valence-corrected chi connectivity index (χ1v) is 7.38. The van der Waals surface area contributed by atoms with Crippen molar-refractivity contribution in [3.8, 4) is 0 Å². The summed E-state index contributed by atoms with van der Waals surface area (Å²) in [5.74, 6) is 0.838. The third-order valence-corrected chi connectivity index (χ3v) is 3.98. The van der Waals surface area contributed by atoms with E-state index in [2.05, 4.69) is 29.2 Å². The number of anilines is 1. The fourth-order valence-electron chi connectivity index (χ4n) is 2.67. The zero-order valence-corrected chi connectivity index (χ0v) is 12.7. The van der Waals surface area contributed by atoms with Crippen LogP contribution >= 0.6 is 11.6 Å². The highest BCUT2D eigenvalue weighted by Crippen LogP contribution is 2.15. The summed E-state index contributed by atoms with van der Waals surface area (Å²) in [6, 6.07) is 7.88. The first-order valence-electron chi connectivity index (χ1n) is 7.00. The third-order valence-electron chi connectivity index (χ3n) is 3.73. The molecule has 0 aliphatic carbocycles. The molecule has 1 aliphatic rings.